The highest BCUT2D eigenvalue weighted by atomic mass is 16.2. The molecule has 3 heteroatoms. The number of hydrogen-bond donors (Lipinski definition) is 0. The predicted molar refractivity (Wildman–Crippen MR) is 67.1 cm³/mol. The minimum Gasteiger partial charge on any atom is -0.314 e. The number of likely N-dealkylation sites (N-methyl/N-ethyl adjacent to an activating group) is 1. The minimum atomic E-state index is -0.944. The van der Waals surface area contributed by atoms with Gasteiger partial charge in [-0.25, -0.2) is 0 Å². The van der Waals surface area contributed by atoms with Crippen molar-refractivity contribution in [1.29, 1.82) is 0 Å². The Morgan fingerprint density at radius 3 is 2.59 bits per heavy atom. The highest BCUT2D eigenvalue weighted by molar-refractivity contribution is 6.21. The third kappa shape index (κ3) is 1.42. The number of ketones is 1. The average Bonchev–Trinajstić information content (AvgIpc) is 2.53. The molecule has 0 aliphatic carbocycles. The quantitative estimate of drug-likeness (QED) is 0.748. The van der Waals surface area contributed by atoms with Crippen molar-refractivity contribution in [3.63, 3.8) is 0 Å². The summed E-state index contributed by atoms with van der Waals surface area (Å²) in [5.74, 6) is -0.144. The summed E-state index contributed by atoms with van der Waals surface area (Å²) in [5.41, 5.74) is 0.781. The number of rotatable bonds is 3. The summed E-state index contributed by atoms with van der Waals surface area (Å²) in [6.07, 6.45) is 1.40. The molecule has 3 nitrogen and oxygen atoms in total. The molecule has 1 aromatic rings. The Morgan fingerprint density at radius 2 is 2.00 bits per heavy atom. The van der Waals surface area contributed by atoms with Crippen molar-refractivity contribution in [1.82, 2.24) is 0 Å². The molecule has 0 N–H and O–H groups in total. The van der Waals surface area contributed by atoms with Crippen LogP contribution in [0.25, 0.3) is 0 Å². The molecule has 2 rings (SSSR count). The van der Waals surface area contributed by atoms with E-state index in [1.165, 1.54) is 6.92 Å². The maximum atomic E-state index is 12.4. The highest BCUT2D eigenvalue weighted by Gasteiger charge is 2.52. The third-order valence-electron chi connectivity index (χ3n) is 3.62. The highest BCUT2D eigenvalue weighted by Crippen LogP contribution is 2.44. The van der Waals surface area contributed by atoms with Gasteiger partial charge >= 0.3 is 0 Å². The van der Waals surface area contributed by atoms with Crippen LogP contribution in [-0.4, -0.2) is 18.7 Å². The van der Waals surface area contributed by atoms with Gasteiger partial charge in [0.25, 0.3) is 0 Å². The van der Waals surface area contributed by atoms with Crippen molar-refractivity contribution in [2.45, 2.75) is 32.1 Å². The van der Waals surface area contributed by atoms with Gasteiger partial charge in [-0.05, 0) is 25.0 Å². The number of nitrogens with zero attached hydrogens (tertiary/aromatic N) is 1. The standard InChI is InChI=1S/C14H17NO2/c1-4-9-14(10(2)16)11-7-5-6-8-12(11)15(3)13(14)17/h5-8H,4,9H2,1-3H3. The monoisotopic (exact) mass is 231 g/mol. The lowest BCUT2D eigenvalue weighted by Gasteiger charge is -2.24. The van der Waals surface area contributed by atoms with E-state index in [1.54, 1.807) is 11.9 Å². The fourth-order valence-electron chi connectivity index (χ4n) is 2.77. The first-order chi connectivity index (χ1) is 8.05. The topological polar surface area (TPSA) is 37.4 Å². The molecule has 1 aliphatic heterocycles. The van der Waals surface area contributed by atoms with Gasteiger partial charge in [0, 0.05) is 12.7 Å². The van der Waals surface area contributed by atoms with Crippen LogP contribution >= 0.6 is 0 Å². The number of Topliss-reactive ketones (excluding diaryl/α,β-unsaturated/α-hetero) is 1. The molecule has 1 atom stereocenters. The van der Waals surface area contributed by atoms with E-state index in [1.807, 2.05) is 31.2 Å². The second-order valence-corrected chi connectivity index (χ2v) is 4.59. The Balaban J connectivity index is 2.68. The zero-order valence-electron chi connectivity index (χ0n) is 10.5. The Kier molecular flexibility index (Phi) is 2.77. The molecule has 0 fully saturated rings. The molecule has 0 radical (unpaired) electrons. The first-order valence-corrected chi connectivity index (χ1v) is 5.94. The number of fused-ring (bicyclic) bond motifs is 1. The van der Waals surface area contributed by atoms with Crippen molar-refractivity contribution in [3.8, 4) is 0 Å². The van der Waals surface area contributed by atoms with Gasteiger partial charge in [0.1, 0.15) is 11.2 Å². The van der Waals surface area contributed by atoms with Crippen LogP contribution in [0.15, 0.2) is 24.3 Å². The molecule has 1 aromatic carbocycles. The van der Waals surface area contributed by atoms with E-state index in [9.17, 15) is 9.59 Å². The van der Waals surface area contributed by atoms with Gasteiger partial charge in [-0.3, -0.25) is 9.59 Å². The number of carbonyl (C=O) groups excluding carboxylic acids is 2. The maximum Gasteiger partial charge on any atom is 0.244 e. The fourth-order valence-corrected chi connectivity index (χ4v) is 2.77. The van der Waals surface area contributed by atoms with Gasteiger partial charge in [0.2, 0.25) is 5.91 Å². The molecular formula is C14H17NO2. The Morgan fingerprint density at radius 1 is 1.35 bits per heavy atom. The first kappa shape index (κ1) is 11.8. The number of carbonyl (C=O) groups is 2. The summed E-state index contributed by atoms with van der Waals surface area (Å²) in [6, 6.07) is 7.57. The number of hydrogen-bond acceptors (Lipinski definition) is 2. The lowest BCUT2D eigenvalue weighted by Crippen LogP contribution is -2.44. The Labute approximate surface area is 101 Å². The van der Waals surface area contributed by atoms with E-state index in [-0.39, 0.29) is 11.7 Å². The second-order valence-electron chi connectivity index (χ2n) is 4.59. The predicted octanol–water partition coefficient (Wildman–Crippen LogP) is 2.29. The number of anilines is 1. The van der Waals surface area contributed by atoms with Crippen LogP contribution < -0.4 is 4.90 Å². The van der Waals surface area contributed by atoms with Crippen LogP contribution in [-0.2, 0) is 15.0 Å². The van der Waals surface area contributed by atoms with Crippen molar-refractivity contribution in [2.75, 3.05) is 11.9 Å². The molecule has 1 unspecified atom stereocenters. The summed E-state index contributed by atoms with van der Waals surface area (Å²) in [6.45, 7) is 3.52. The van der Waals surface area contributed by atoms with Crippen molar-refractivity contribution < 1.29 is 9.59 Å². The number of benzene rings is 1. The first-order valence-electron chi connectivity index (χ1n) is 5.94. The molecule has 1 heterocycles. The fraction of sp³-hybridized carbons (Fsp3) is 0.429. The number of amides is 1. The van der Waals surface area contributed by atoms with Crippen LogP contribution in [0, 0.1) is 0 Å². The molecule has 1 aliphatic rings. The summed E-state index contributed by atoms with van der Waals surface area (Å²) >= 11 is 0. The van der Waals surface area contributed by atoms with Gasteiger partial charge < -0.3 is 4.90 Å². The van der Waals surface area contributed by atoms with Crippen LogP contribution in [0.2, 0.25) is 0 Å². The van der Waals surface area contributed by atoms with Gasteiger partial charge in [-0.2, -0.15) is 0 Å². The Bertz CT molecular complexity index is 481. The lowest BCUT2D eigenvalue weighted by molar-refractivity contribution is -0.133. The zero-order chi connectivity index (χ0) is 12.6. The third-order valence-corrected chi connectivity index (χ3v) is 3.62. The summed E-state index contributed by atoms with van der Waals surface area (Å²) in [4.78, 5) is 26.1. The van der Waals surface area contributed by atoms with Crippen LogP contribution in [0.4, 0.5) is 5.69 Å². The van der Waals surface area contributed by atoms with Gasteiger partial charge in [-0.1, -0.05) is 31.5 Å². The second kappa shape index (κ2) is 3.99. The number of para-hydroxylation sites is 1. The van der Waals surface area contributed by atoms with Crippen LogP contribution in [0.3, 0.4) is 0 Å². The van der Waals surface area contributed by atoms with E-state index in [0.717, 1.165) is 17.7 Å². The van der Waals surface area contributed by atoms with Gasteiger partial charge in [-0.15, -0.1) is 0 Å². The average molecular weight is 231 g/mol. The van der Waals surface area contributed by atoms with E-state index in [4.69, 9.17) is 0 Å². The SMILES string of the molecule is CCCC1(C(C)=O)C(=O)N(C)c2ccccc21. The lowest BCUT2D eigenvalue weighted by atomic mass is 9.75. The zero-order valence-corrected chi connectivity index (χ0v) is 10.5. The molecule has 0 spiro atoms. The maximum absolute atomic E-state index is 12.4. The largest absolute Gasteiger partial charge is 0.314 e. The smallest absolute Gasteiger partial charge is 0.244 e. The molecule has 17 heavy (non-hydrogen) atoms. The molecule has 0 saturated carbocycles. The molecule has 90 valence electrons. The van der Waals surface area contributed by atoms with E-state index < -0.39 is 5.41 Å². The molecule has 0 bridgehead atoms. The van der Waals surface area contributed by atoms with E-state index in [0.29, 0.717) is 6.42 Å². The van der Waals surface area contributed by atoms with Crippen molar-refractivity contribution >= 4 is 17.4 Å². The van der Waals surface area contributed by atoms with Crippen molar-refractivity contribution in [2.24, 2.45) is 0 Å². The minimum absolute atomic E-state index is 0.0545. The van der Waals surface area contributed by atoms with E-state index in [2.05, 4.69) is 0 Å². The van der Waals surface area contributed by atoms with Crippen LogP contribution in [0.1, 0.15) is 32.3 Å². The molecule has 1 amide bonds. The van der Waals surface area contributed by atoms with Gasteiger partial charge in [0.05, 0.1) is 0 Å². The molecule has 0 saturated heterocycles. The Hall–Kier alpha value is -1.64. The summed E-state index contributed by atoms with van der Waals surface area (Å²) < 4.78 is 0. The molecule has 0 aromatic heterocycles. The van der Waals surface area contributed by atoms with E-state index >= 15 is 0 Å². The van der Waals surface area contributed by atoms with Crippen LogP contribution in [0.5, 0.6) is 0 Å². The van der Waals surface area contributed by atoms with Gasteiger partial charge in [0.15, 0.2) is 0 Å². The summed E-state index contributed by atoms with van der Waals surface area (Å²) in [5, 5.41) is 0. The molecular weight excluding hydrogens is 214 g/mol. The normalized spacial score (nSPS) is 22.8. The summed E-state index contributed by atoms with van der Waals surface area (Å²) in [7, 11) is 1.74. The van der Waals surface area contributed by atoms with Crippen molar-refractivity contribution in [3.05, 3.63) is 29.8 Å².